The van der Waals surface area contributed by atoms with E-state index in [0.717, 1.165) is 29.0 Å². The van der Waals surface area contributed by atoms with Crippen LogP contribution in [0.2, 0.25) is 0 Å². The molecule has 2 atom stereocenters. The molecule has 1 aromatic rings. The molecule has 1 amide bonds. The van der Waals surface area contributed by atoms with Gasteiger partial charge in [0, 0.05) is 23.8 Å². The molecule has 146 valence electrons. The lowest BCUT2D eigenvalue weighted by molar-refractivity contribution is -0.123. The maximum absolute atomic E-state index is 12.6. The number of rotatable bonds is 4. The molecule has 0 aliphatic carbocycles. The Morgan fingerprint density at radius 1 is 1.30 bits per heavy atom. The monoisotopic (exact) mass is 437 g/mol. The number of benzene rings is 1. The number of nitrogens with zero attached hydrogens (tertiary/aromatic N) is 2. The maximum atomic E-state index is 12.6. The van der Waals surface area contributed by atoms with Crippen LogP contribution in [0.15, 0.2) is 34.4 Å². The Kier molecular flexibility index (Phi) is 5.38. The highest BCUT2D eigenvalue weighted by Crippen LogP contribution is 2.34. The lowest BCUT2D eigenvalue weighted by Gasteiger charge is -2.40. The predicted octanol–water partition coefficient (Wildman–Crippen LogP) is 1.11. The fraction of sp³-hybridized carbons (Fsp3) is 0.500. The van der Waals surface area contributed by atoms with Crippen molar-refractivity contribution in [3.05, 3.63) is 34.4 Å². The standard InChI is InChI=1S/C18H24BrN5O3/c1-11(2)27-15-9-12(19)3-4-14(15)24-10-13-16(22-24)20-18(21-17(13)25)23-5-7-26-8-6-23/h3-4,9-11,16,18,20,22H,5-8H2,1-2H3,(H,21,25). The minimum absolute atomic E-state index is 0.0442. The Balaban J connectivity index is 1.53. The van der Waals surface area contributed by atoms with E-state index in [0.29, 0.717) is 18.8 Å². The molecule has 27 heavy (non-hydrogen) atoms. The van der Waals surface area contributed by atoms with Gasteiger partial charge in [-0.3, -0.25) is 20.0 Å². The van der Waals surface area contributed by atoms with Gasteiger partial charge in [0.15, 0.2) is 0 Å². The van der Waals surface area contributed by atoms with Crippen molar-refractivity contribution in [1.29, 1.82) is 0 Å². The van der Waals surface area contributed by atoms with E-state index in [1.54, 1.807) is 0 Å². The molecule has 2 fully saturated rings. The first-order valence-electron chi connectivity index (χ1n) is 9.13. The van der Waals surface area contributed by atoms with Crippen LogP contribution in [0.25, 0.3) is 0 Å². The molecule has 2 unspecified atom stereocenters. The molecule has 0 spiro atoms. The molecule has 0 bridgehead atoms. The van der Waals surface area contributed by atoms with E-state index < -0.39 is 0 Å². The third-order valence-electron chi connectivity index (χ3n) is 4.66. The second-order valence-corrected chi connectivity index (χ2v) is 7.90. The highest BCUT2D eigenvalue weighted by molar-refractivity contribution is 9.10. The van der Waals surface area contributed by atoms with Crippen LogP contribution in [0.5, 0.6) is 5.75 Å². The number of carbonyl (C=O) groups excluding carboxylic acids is 1. The second kappa shape index (κ2) is 7.76. The van der Waals surface area contributed by atoms with Gasteiger partial charge in [-0.1, -0.05) is 15.9 Å². The van der Waals surface area contributed by atoms with Crippen molar-refractivity contribution >= 4 is 27.5 Å². The van der Waals surface area contributed by atoms with Crippen LogP contribution in [0.1, 0.15) is 13.8 Å². The Bertz CT molecular complexity index is 751. The van der Waals surface area contributed by atoms with Gasteiger partial charge in [0.05, 0.1) is 30.6 Å². The van der Waals surface area contributed by atoms with Crippen molar-refractivity contribution in [2.75, 3.05) is 31.3 Å². The minimum Gasteiger partial charge on any atom is -0.489 e. The van der Waals surface area contributed by atoms with Crippen LogP contribution in [0, 0.1) is 0 Å². The van der Waals surface area contributed by atoms with E-state index in [9.17, 15) is 4.79 Å². The molecule has 3 heterocycles. The summed E-state index contributed by atoms with van der Waals surface area (Å²) < 4.78 is 12.3. The molecule has 3 aliphatic heterocycles. The lowest BCUT2D eigenvalue weighted by Crippen LogP contribution is -2.68. The first-order chi connectivity index (χ1) is 13.0. The van der Waals surface area contributed by atoms with E-state index in [4.69, 9.17) is 9.47 Å². The van der Waals surface area contributed by atoms with Gasteiger partial charge in [0.1, 0.15) is 18.2 Å². The van der Waals surface area contributed by atoms with Crippen LogP contribution < -0.4 is 25.8 Å². The molecule has 0 aromatic heterocycles. The summed E-state index contributed by atoms with van der Waals surface area (Å²) in [6.45, 7) is 6.90. The number of hydrogen-bond acceptors (Lipinski definition) is 7. The number of hydrazine groups is 1. The van der Waals surface area contributed by atoms with Crippen LogP contribution >= 0.6 is 15.9 Å². The summed E-state index contributed by atoms with van der Waals surface area (Å²) in [5, 5.41) is 8.33. The van der Waals surface area contributed by atoms with E-state index in [1.165, 1.54) is 0 Å². The van der Waals surface area contributed by atoms with Gasteiger partial charge in [-0.05, 0) is 32.0 Å². The first kappa shape index (κ1) is 18.7. The summed E-state index contributed by atoms with van der Waals surface area (Å²) >= 11 is 3.49. The molecule has 3 aliphatic rings. The largest absolute Gasteiger partial charge is 0.489 e. The molecule has 3 N–H and O–H groups in total. The predicted molar refractivity (Wildman–Crippen MR) is 105 cm³/mol. The van der Waals surface area contributed by atoms with Gasteiger partial charge in [0.2, 0.25) is 0 Å². The molecule has 2 saturated heterocycles. The second-order valence-electron chi connectivity index (χ2n) is 6.99. The number of amides is 1. The highest BCUT2D eigenvalue weighted by atomic mass is 79.9. The fourth-order valence-electron chi connectivity index (χ4n) is 3.39. The molecular formula is C18H24BrN5O3. The highest BCUT2D eigenvalue weighted by Gasteiger charge is 2.39. The number of ether oxygens (including phenoxy) is 2. The van der Waals surface area contributed by atoms with E-state index in [1.807, 2.05) is 43.3 Å². The number of fused-ring (bicyclic) bond motifs is 1. The Morgan fingerprint density at radius 3 is 2.81 bits per heavy atom. The number of anilines is 1. The van der Waals surface area contributed by atoms with Crippen molar-refractivity contribution in [3.63, 3.8) is 0 Å². The lowest BCUT2D eigenvalue weighted by atomic mass is 10.2. The number of nitrogens with one attached hydrogen (secondary N) is 3. The smallest absolute Gasteiger partial charge is 0.254 e. The first-order valence-corrected chi connectivity index (χ1v) is 9.92. The number of hydrogen-bond donors (Lipinski definition) is 3. The van der Waals surface area contributed by atoms with E-state index >= 15 is 0 Å². The van der Waals surface area contributed by atoms with E-state index in [-0.39, 0.29) is 24.5 Å². The quantitative estimate of drug-likeness (QED) is 0.650. The Hall–Kier alpha value is -1.65. The molecule has 0 radical (unpaired) electrons. The molecule has 9 heteroatoms. The summed E-state index contributed by atoms with van der Waals surface area (Å²) in [6.07, 6.45) is 1.39. The van der Waals surface area contributed by atoms with Crippen molar-refractivity contribution in [2.45, 2.75) is 32.4 Å². The van der Waals surface area contributed by atoms with Crippen LogP contribution in [0.4, 0.5) is 5.69 Å². The molecule has 4 rings (SSSR count). The number of halogens is 1. The third kappa shape index (κ3) is 3.97. The maximum Gasteiger partial charge on any atom is 0.254 e. The SMILES string of the molecule is CC(C)Oc1cc(Br)ccc1N1C=C2C(=O)NC(N3CCOCC3)NC2N1. The third-order valence-corrected chi connectivity index (χ3v) is 5.15. The number of morpholine rings is 1. The van der Waals surface area contributed by atoms with Gasteiger partial charge in [-0.15, -0.1) is 0 Å². The van der Waals surface area contributed by atoms with Crippen molar-refractivity contribution in [3.8, 4) is 5.75 Å². The van der Waals surface area contributed by atoms with Gasteiger partial charge >= 0.3 is 0 Å². The summed E-state index contributed by atoms with van der Waals surface area (Å²) in [5.74, 6) is 0.668. The summed E-state index contributed by atoms with van der Waals surface area (Å²) in [4.78, 5) is 14.8. The summed E-state index contributed by atoms with van der Waals surface area (Å²) in [7, 11) is 0. The van der Waals surface area contributed by atoms with Gasteiger partial charge in [-0.2, -0.15) is 0 Å². The van der Waals surface area contributed by atoms with Crippen molar-refractivity contribution < 1.29 is 14.3 Å². The average molecular weight is 438 g/mol. The molecule has 0 saturated carbocycles. The van der Waals surface area contributed by atoms with Crippen LogP contribution in [-0.4, -0.2) is 55.7 Å². The topological polar surface area (TPSA) is 78.1 Å². The normalized spacial score (nSPS) is 26.0. The van der Waals surface area contributed by atoms with Crippen molar-refractivity contribution in [1.82, 2.24) is 21.0 Å². The van der Waals surface area contributed by atoms with Crippen molar-refractivity contribution in [2.24, 2.45) is 0 Å². The van der Waals surface area contributed by atoms with E-state index in [2.05, 4.69) is 36.9 Å². The molecule has 1 aromatic carbocycles. The summed E-state index contributed by atoms with van der Waals surface area (Å²) in [6, 6.07) is 5.84. The van der Waals surface area contributed by atoms with Crippen LogP contribution in [-0.2, 0) is 9.53 Å². The Morgan fingerprint density at radius 2 is 2.07 bits per heavy atom. The minimum atomic E-state index is -0.262. The van der Waals surface area contributed by atoms with Crippen LogP contribution in [0.3, 0.4) is 0 Å². The molecular weight excluding hydrogens is 414 g/mol. The zero-order chi connectivity index (χ0) is 19.0. The average Bonchev–Trinajstić information content (AvgIpc) is 3.06. The van der Waals surface area contributed by atoms with Gasteiger partial charge in [-0.25, -0.2) is 5.43 Å². The Labute approximate surface area is 166 Å². The fourth-order valence-corrected chi connectivity index (χ4v) is 3.73. The zero-order valence-corrected chi connectivity index (χ0v) is 17.0. The zero-order valence-electron chi connectivity index (χ0n) is 15.4. The number of carbonyl (C=O) groups is 1. The molecule has 8 nitrogen and oxygen atoms in total. The van der Waals surface area contributed by atoms with Gasteiger partial charge in [0.25, 0.3) is 5.91 Å². The van der Waals surface area contributed by atoms with Gasteiger partial charge < -0.3 is 14.8 Å². The summed E-state index contributed by atoms with van der Waals surface area (Å²) in [5.41, 5.74) is 4.86.